The molecule has 5 aliphatic rings. The first kappa shape index (κ1) is 30.5. The van der Waals surface area contributed by atoms with Gasteiger partial charge < -0.3 is 19.0 Å². The third kappa shape index (κ3) is 5.81. The van der Waals surface area contributed by atoms with E-state index in [0.29, 0.717) is 49.0 Å². The average molecular weight is 585 g/mol. The van der Waals surface area contributed by atoms with Gasteiger partial charge >= 0.3 is 29.6 Å². The third-order valence-corrected chi connectivity index (χ3v) is 10.5. The molecule has 0 aromatic heterocycles. The van der Waals surface area contributed by atoms with Gasteiger partial charge in [-0.05, 0) is 25.7 Å². The molecule has 8 nitrogen and oxygen atoms in total. The van der Waals surface area contributed by atoms with Gasteiger partial charge in [-0.2, -0.15) is 0 Å². The van der Waals surface area contributed by atoms with E-state index in [2.05, 4.69) is 27.7 Å². The topological polar surface area (TPSA) is 86.4 Å². The zero-order valence-corrected chi connectivity index (χ0v) is 25.5. The summed E-state index contributed by atoms with van der Waals surface area (Å²) in [6.45, 7) is 5.04. The van der Waals surface area contributed by atoms with Crippen LogP contribution in [0.1, 0.15) is 130 Å². The predicted molar refractivity (Wildman–Crippen MR) is 157 cm³/mol. The molecule has 0 saturated carbocycles. The van der Waals surface area contributed by atoms with E-state index >= 15 is 0 Å². The van der Waals surface area contributed by atoms with Gasteiger partial charge in [0.05, 0.1) is 22.8 Å². The number of rotatable bonds is 4. The van der Waals surface area contributed by atoms with E-state index in [4.69, 9.17) is 39.6 Å². The Labute approximate surface area is 245 Å². The maximum absolute atomic E-state index is 6.61. The maximum Gasteiger partial charge on any atom is 2.00 e. The molecule has 0 radical (unpaired) electrons. The van der Waals surface area contributed by atoms with Crippen LogP contribution in [0.15, 0.2) is 20.6 Å². The molecule has 2 spiro atoms. The Morgan fingerprint density at radius 3 is 0.846 bits per heavy atom. The Hall–Kier alpha value is -1.50. The van der Waals surface area contributed by atoms with Crippen LogP contribution in [0, 0.1) is 0 Å². The van der Waals surface area contributed by atoms with Crippen molar-refractivity contribution in [1.82, 2.24) is 0 Å². The molecule has 220 valence electrons. The van der Waals surface area contributed by atoms with E-state index in [0.717, 1.165) is 74.2 Å². The van der Waals surface area contributed by atoms with E-state index in [1.807, 2.05) is 0 Å². The van der Waals surface area contributed by atoms with Crippen LogP contribution in [0.25, 0.3) is 0 Å². The zero-order chi connectivity index (χ0) is 26.6. The molecule has 0 atom stereocenters. The second kappa shape index (κ2) is 13.4. The molecular weight excluding hydrogens is 537 g/mol. The van der Waals surface area contributed by atoms with Crippen molar-refractivity contribution in [2.45, 2.75) is 154 Å². The molecule has 5 aliphatic heterocycles. The maximum atomic E-state index is 6.61. The van der Waals surface area contributed by atoms with Crippen molar-refractivity contribution in [2.24, 2.45) is 20.6 Å². The molecule has 5 rings (SSSR count). The number of oxime groups is 4. The smallest absolute Gasteiger partial charge is 0.575 e. The largest absolute Gasteiger partial charge is 2.00 e. The molecule has 4 saturated heterocycles. The van der Waals surface area contributed by atoms with Gasteiger partial charge in [0.25, 0.3) is 0 Å². The van der Waals surface area contributed by atoms with Crippen LogP contribution in [0.5, 0.6) is 0 Å². The van der Waals surface area contributed by atoms with E-state index in [1.165, 1.54) is 25.7 Å². The first-order chi connectivity index (χ1) is 18.6. The van der Waals surface area contributed by atoms with Crippen LogP contribution < -0.4 is 0 Å². The molecule has 11 heteroatoms. The summed E-state index contributed by atoms with van der Waals surface area (Å²) in [5, 5.41) is 19.2. The average Bonchev–Trinajstić information content (AvgIpc) is 2.91. The molecule has 0 aliphatic carbocycles. The van der Waals surface area contributed by atoms with Crippen molar-refractivity contribution in [3.05, 3.63) is 0 Å². The summed E-state index contributed by atoms with van der Waals surface area (Å²) in [7, 11) is 0. The van der Waals surface area contributed by atoms with Crippen molar-refractivity contribution in [3.8, 4) is 0 Å². The van der Waals surface area contributed by atoms with Gasteiger partial charge in [-0.15, -0.1) is 20.6 Å². The van der Waals surface area contributed by atoms with Crippen molar-refractivity contribution < 1.29 is 35.5 Å². The summed E-state index contributed by atoms with van der Waals surface area (Å²) in [5.41, 5.74) is 3.34. The fourth-order valence-electron chi connectivity index (χ4n) is 8.37. The molecule has 4 fully saturated rings. The molecule has 4 bridgehead atoms. The number of hydrogen-bond donors (Lipinski definition) is 0. The summed E-state index contributed by atoms with van der Waals surface area (Å²) in [6.07, 6.45) is 16.6. The van der Waals surface area contributed by atoms with E-state index < -0.39 is 13.1 Å². The summed E-state index contributed by atoms with van der Waals surface area (Å²) < 4.78 is 26.4. The summed E-state index contributed by atoms with van der Waals surface area (Å²) in [5.74, 6) is 1.35. The Bertz CT molecular complexity index is 807. The van der Waals surface area contributed by atoms with Crippen molar-refractivity contribution in [3.63, 3.8) is 0 Å². The SMILES string of the molecule is CCC1=N\O[B-]2(O/N=C(CC)/C(CC)=N/O[B-]3(O\N=C\1CC)C1CCCC3CCC1)C1CCCC2CCC1.[Ni+2]. The molecule has 0 amide bonds. The van der Waals surface area contributed by atoms with Crippen LogP contribution in [0.3, 0.4) is 0 Å². The van der Waals surface area contributed by atoms with Crippen molar-refractivity contribution in [2.75, 3.05) is 0 Å². The minimum atomic E-state index is -1.70. The monoisotopic (exact) mass is 584 g/mol. The van der Waals surface area contributed by atoms with E-state index in [1.54, 1.807) is 0 Å². The van der Waals surface area contributed by atoms with Crippen LogP contribution in [0.4, 0.5) is 0 Å². The Morgan fingerprint density at radius 2 is 0.667 bits per heavy atom. The summed E-state index contributed by atoms with van der Waals surface area (Å²) >= 11 is 0. The summed E-state index contributed by atoms with van der Waals surface area (Å²) in [6, 6.07) is 0. The van der Waals surface area contributed by atoms with Crippen LogP contribution in [0.2, 0.25) is 23.3 Å². The standard InChI is InChI=1S/C28H48B2N4O4.Ni/c1-5-25-26(6-2)32-36-30(23-17-11-18-24(30)20-12-19-23)38-34-28(8-4)27(7-3)33-37-29(35-31-25)21-13-9-14-22(29)16-10-15-21;/h21-24H,5-20H2,1-4H3;/q-2;+2/b31-25+,32-26+,33-27+,34-28+;. The molecular formula is C28H48B2N4NiO4. The van der Waals surface area contributed by atoms with Crippen LogP contribution in [-0.2, 0) is 35.5 Å². The van der Waals surface area contributed by atoms with Crippen molar-refractivity contribution in [1.29, 1.82) is 0 Å². The first-order valence-corrected chi connectivity index (χ1v) is 15.9. The summed E-state index contributed by atoms with van der Waals surface area (Å²) in [4.78, 5) is 0. The third-order valence-electron chi connectivity index (χ3n) is 10.5. The minimum absolute atomic E-state index is 0. The second-order valence-corrected chi connectivity index (χ2v) is 12.4. The molecule has 0 unspecified atom stereocenters. The first-order valence-electron chi connectivity index (χ1n) is 15.9. The van der Waals surface area contributed by atoms with Gasteiger partial charge in [-0.25, -0.2) is 0 Å². The fraction of sp³-hybridized carbons (Fsp3) is 0.857. The van der Waals surface area contributed by atoms with E-state index in [9.17, 15) is 0 Å². The van der Waals surface area contributed by atoms with Gasteiger partial charge in [0, 0.05) is 0 Å². The molecule has 5 heterocycles. The Morgan fingerprint density at radius 1 is 0.462 bits per heavy atom. The molecule has 0 N–H and O–H groups in total. The minimum Gasteiger partial charge on any atom is -0.575 e. The van der Waals surface area contributed by atoms with Gasteiger partial charge in [-0.3, -0.25) is 0 Å². The number of hydrogen-bond acceptors (Lipinski definition) is 8. The Balaban J connectivity index is 0.00000353. The van der Waals surface area contributed by atoms with Gasteiger partial charge in [0.2, 0.25) is 0 Å². The molecule has 0 aromatic rings. The normalized spacial score (nSPS) is 42.2. The second-order valence-electron chi connectivity index (χ2n) is 12.4. The number of nitrogens with zero attached hydrogens (tertiary/aromatic N) is 4. The molecule has 0 aromatic carbocycles. The van der Waals surface area contributed by atoms with Crippen molar-refractivity contribution >= 4 is 36.0 Å². The van der Waals surface area contributed by atoms with Crippen LogP contribution in [-0.4, -0.2) is 36.0 Å². The van der Waals surface area contributed by atoms with E-state index in [-0.39, 0.29) is 16.5 Å². The van der Waals surface area contributed by atoms with Gasteiger partial charge in [-0.1, -0.05) is 128 Å². The van der Waals surface area contributed by atoms with Crippen LogP contribution >= 0.6 is 0 Å². The predicted octanol–water partition coefficient (Wildman–Crippen LogP) is 8.23. The molecule has 39 heavy (non-hydrogen) atoms. The fourth-order valence-corrected chi connectivity index (χ4v) is 8.37. The Kier molecular flexibility index (Phi) is 10.5. The quantitative estimate of drug-likeness (QED) is 0.311. The zero-order valence-electron chi connectivity index (χ0n) is 24.5. The van der Waals surface area contributed by atoms with Gasteiger partial charge in [0.15, 0.2) is 0 Å². The van der Waals surface area contributed by atoms with Gasteiger partial charge in [0.1, 0.15) is 0 Å².